The lowest BCUT2D eigenvalue weighted by Crippen LogP contribution is -2.48. The van der Waals surface area contributed by atoms with Gasteiger partial charge in [0.25, 0.3) is 11.8 Å². The number of amides is 2. The van der Waals surface area contributed by atoms with E-state index in [4.69, 9.17) is 14.2 Å². The molecule has 3 aromatic rings. The summed E-state index contributed by atoms with van der Waals surface area (Å²) in [5.74, 6) is -1.75. The molecule has 2 amide bonds. The number of ether oxygens (including phenoxy) is 3. The molecule has 3 aromatic carbocycles. The Morgan fingerprint density at radius 1 is 0.846 bits per heavy atom. The van der Waals surface area contributed by atoms with Gasteiger partial charge in [-0.05, 0) is 55.7 Å². The predicted octanol–water partition coefficient (Wildman–Crippen LogP) is 5.13. The Balaban J connectivity index is 1.43. The largest absolute Gasteiger partial charge is 0.497 e. The fraction of sp³-hybridized carbons (Fsp3) is 0.333. The standard InChI is InChI=1S/C30H30F2N2O5/c1-18-5-7-24-22(13-18)30(17-34(24)29(36)21-15-20(37-2)16-26(39-4)27(21)32)9-11-33(12-10-30)28(35)19-6-8-25(38-3)23(31)14-19/h5-8,13-16H,9-12,17H2,1-4H3. The van der Waals surface area contributed by atoms with Crippen LogP contribution in [0.2, 0.25) is 0 Å². The summed E-state index contributed by atoms with van der Waals surface area (Å²) >= 11 is 0. The summed E-state index contributed by atoms with van der Waals surface area (Å²) in [5, 5.41) is 0. The first kappa shape index (κ1) is 26.5. The third kappa shape index (κ3) is 4.56. The molecule has 5 rings (SSSR count). The Morgan fingerprint density at radius 3 is 2.21 bits per heavy atom. The normalized spacial score (nSPS) is 15.7. The van der Waals surface area contributed by atoms with E-state index >= 15 is 4.39 Å². The average molecular weight is 537 g/mol. The Hall–Kier alpha value is -4.14. The van der Waals surface area contributed by atoms with Crippen LogP contribution in [0.5, 0.6) is 17.2 Å². The molecule has 1 spiro atoms. The van der Waals surface area contributed by atoms with Crippen molar-refractivity contribution >= 4 is 17.5 Å². The molecule has 1 saturated heterocycles. The lowest BCUT2D eigenvalue weighted by Gasteiger charge is -2.40. The number of carbonyl (C=O) groups excluding carboxylic acids is 2. The number of benzene rings is 3. The minimum absolute atomic E-state index is 0.0717. The Morgan fingerprint density at radius 2 is 1.56 bits per heavy atom. The van der Waals surface area contributed by atoms with Crippen LogP contribution in [-0.2, 0) is 5.41 Å². The minimum atomic E-state index is -0.745. The van der Waals surface area contributed by atoms with Crippen molar-refractivity contribution in [1.29, 1.82) is 0 Å². The van der Waals surface area contributed by atoms with Gasteiger partial charge in [0, 0.05) is 42.4 Å². The Labute approximate surface area is 225 Å². The minimum Gasteiger partial charge on any atom is -0.497 e. The summed E-state index contributed by atoms with van der Waals surface area (Å²) in [6, 6.07) is 12.9. The molecule has 7 nitrogen and oxygen atoms in total. The molecule has 2 heterocycles. The smallest absolute Gasteiger partial charge is 0.261 e. The van der Waals surface area contributed by atoms with Crippen LogP contribution >= 0.6 is 0 Å². The summed E-state index contributed by atoms with van der Waals surface area (Å²) in [6.45, 7) is 3.21. The molecular weight excluding hydrogens is 506 g/mol. The van der Waals surface area contributed by atoms with Crippen molar-refractivity contribution in [2.45, 2.75) is 25.2 Å². The number of piperidine rings is 1. The zero-order valence-corrected chi connectivity index (χ0v) is 22.3. The van der Waals surface area contributed by atoms with Gasteiger partial charge in [0.1, 0.15) is 5.75 Å². The van der Waals surface area contributed by atoms with E-state index in [-0.39, 0.29) is 28.5 Å². The average Bonchev–Trinajstić information content (AvgIpc) is 3.25. The van der Waals surface area contributed by atoms with Crippen molar-refractivity contribution in [2.75, 3.05) is 45.9 Å². The number of nitrogens with zero attached hydrogens (tertiary/aromatic N) is 2. The van der Waals surface area contributed by atoms with Crippen LogP contribution in [0.4, 0.5) is 14.5 Å². The molecule has 0 bridgehead atoms. The molecule has 0 atom stereocenters. The second kappa shape index (κ2) is 10.2. The predicted molar refractivity (Wildman–Crippen MR) is 142 cm³/mol. The molecule has 9 heteroatoms. The van der Waals surface area contributed by atoms with Gasteiger partial charge in [-0.3, -0.25) is 9.59 Å². The van der Waals surface area contributed by atoms with Crippen molar-refractivity contribution in [1.82, 2.24) is 4.90 Å². The molecule has 2 aliphatic rings. The van der Waals surface area contributed by atoms with Crippen LogP contribution in [0, 0.1) is 18.6 Å². The number of fused-ring (bicyclic) bond motifs is 2. The fourth-order valence-electron chi connectivity index (χ4n) is 5.65. The number of carbonyl (C=O) groups is 2. The van der Waals surface area contributed by atoms with E-state index in [9.17, 15) is 14.0 Å². The molecule has 0 unspecified atom stereocenters. The number of anilines is 1. The fourth-order valence-corrected chi connectivity index (χ4v) is 5.65. The van der Waals surface area contributed by atoms with E-state index < -0.39 is 23.0 Å². The van der Waals surface area contributed by atoms with Crippen molar-refractivity contribution in [3.05, 3.63) is 82.4 Å². The quantitative estimate of drug-likeness (QED) is 0.452. The molecule has 1 fully saturated rings. The first-order valence-electron chi connectivity index (χ1n) is 12.7. The van der Waals surface area contributed by atoms with Gasteiger partial charge >= 0.3 is 0 Å². The number of hydrogen-bond acceptors (Lipinski definition) is 5. The summed E-state index contributed by atoms with van der Waals surface area (Å²) in [7, 11) is 4.15. The van der Waals surface area contributed by atoms with Gasteiger partial charge in [-0.25, -0.2) is 8.78 Å². The van der Waals surface area contributed by atoms with Gasteiger partial charge in [0.05, 0.1) is 26.9 Å². The molecule has 0 saturated carbocycles. The molecule has 0 radical (unpaired) electrons. The van der Waals surface area contributed by atoms with Crippen molar-refractivity contribution < 1.29 is 32.6 Å². The van der Waals surface area contributed by atoms with Crippen molar-refractivity contribution in [2.24, 2.45) is 0 Å². The second-order valence-corrected chi connectivity index (χ2v) is 10.0. The van der Waals surface area contributed by atoms with Gasteiger partial charge in [-0.1, -0.05) is 17.7 Å². The van der Waals surface area contributed by atoms with E-state index in [0.717, 1.165) is 16.8 Å². The molecule has 39 heavy (non-hydrogen) atoms. The highest BCUT2D eigenvalue weighted by Gasteiger charge is 2.47. The third-order valence-corrected chi connectivity index (χ3v) is 7.83. The molecule has 0 N–H and O–H groups in total. The van der Waals surface area contributed by atoms with Crippen LogP contribution in [0.25, 0.3) is 0 Å². The van der Waals surface area contributed by atoms with E-state index in [1.54, 1.807) is 15.9 Å². The van der Waals surface area contributed by atoms with Crippen molar-refractivity contribution in [3.8, 4) is 17.2 Å². The lowest BCUT2D eigenvalue weighted by molar-refractivity contribution is 0.0670. The maximum atomic E-state index is 15.2. The van der Waals surface area contributed by atoms with Gasteiger partial charge in [-0.15, -0.1) is 0 Å². The van der Waals surface area contributed by atoms with E-state index in [1.807, 2.05) is 19.1 Å². The maximum absolute atomic E-state index is 15.2. The first-order valence-corrected chi connectivity index (χ1v) is 12.7. The summed E-state index contributed by atoms with van der Waals surface area (Å²) in [4.78, 5) is 30.3. The van der Waals surface area contributed by atoms with Gasteiger partial charge < -0.3 is 24.0 Å². The van der Waals surface area contributed by atoms with Crippen LogP contribution in [-0.4, -0.2) is 57.7 Å². The maximum Gasteiger partial charge on any atom is 0.261 e. The number of aryl methyl sites for hydroxylation is 1. The highest BCUT2D eigenvalue weighted by atomic mass is 19.1. The van der Waals surface area contributed by atoms with Crippen LogP contribution < -0.4 is 19.1 Å². The number of hydrogen-bond donors (Lipinski definition) is 0. The number of halogens is 2. The highest BCUT2D eigenvalue weighted by Crippen LogP contribution is 2.48. The van der Waals surface area contributed by atoms with E-state index in [0.29, 0.717) is 38.2 Å². The second-order valence-electron chi connectivity index (χ2n) is 10.0. The first-order chi connectivity index (χ1) is 18.7. The Bertz CT molecular complexity index is 1450. The van der Waals surface area contributed by atoms with E-state index in [2.05, 4.69) is 6.07 Å². The van der Waals surface area contributed by atoms with Crippen LogP contribution in [0.15, 0.2) is 48.5 Å². The summed E-state index contributed by atoms with van der Waals surface area (Å²) in [5.41, 5.74) is 2.50. The molecule has 204 valence electrons. The Kier molecular flexibility index (Phi) is 6.92. The lowest BCUT2D eigenvalue weighted by atomic mass is 9.74. The zero-order valence-electron chi connectivity index (χ0n) is 22.3. The zero-order chi connectivity index (χ0) is 27.9. The van der Waals surface area contributed by atoms with Gasteiger partial charge in [0.2, 0.25) is 0 Å². The number of methoxy groups -OCH3 is 3. The monoisotopic (exact) mass is 536 g/mol. The van der Waals surface area contributed by atoms with E-state index in [1.165, 1.54) is 45.6 Å². The summed E-state index contributed by atoms with van der Waals surface area (Å²) in [6.07, 6.45) is 1.20. The molecular formula is C30H30F2N2O5. The van der Waals surface area contributed by atoms with Crippen molar-refractivity contribution in [3.63, 3.8) is 0 Å². The molecule has 0 aromatic heterocycles. The topological polar surface area (TPSA) is 68.3 Å². The number of likely N-dealkylation sites (tertiary alicyclic amines) is 1. The van der Waals surface area contributed by atoms with Crippen LogP contribution in [0.1, 0.15) is 44.7 Å². The molecule has 0 aliphatic carbocycles. The highest BCUT2D eigenvalue weighted by molar-refractivity contribution is 6.08. The SMILES string of the molecule is COc1cc(OC)c(F)c(C(=O)N2CC3(CCN(C(=O)c4ccc(OC)c(F)c4)CC3)c3cc(C)ccc32)c1. The third-order valence-electron chi connectivity index (χ3n) is 7.83. The molecule has 2 aliphatic heterocycles. The van der Waals surface area contributed by atoms with Crippen LogP contribution in [0.3, 0.4) is 0 Å². The number of rotatable bonds is 5. The van der Waals surface area contributed by atoms with Gasteiger partial charge in [-0.2, -0.15) is 0 Å². The van der Waals surface area contributed by atoms with Gasteiger partial charge in [0.15, 0.2) is 23.1 Å². The summed E-state index contributed by atoms with van der Waals surface area (Å²) < 4.78 is 44.8.